The molecule has 2 heteroatoms. The second-order valence-electron chi connectivity index (χ2n) is 6.24. The number of hydrogen-bond donors (Lipinski definition) is 1. The number of aromatic nitrogens is 1. The fourth-order valence-corrected chi connectivity index (χ4v) is 3.90. The second kappa shape index (κ2) is 5.29. The van der Waals surface area contributed by atoms with Crippen LogP contribution in [0.15, 0.2) is 54.6 Å². The molecule has 0 radical (unpaired) electrons. The van der Waals surface area contributed by atoms with Crippen LogP contribution in [0, 0.1) is 0 Å². The number of aryl methyl sites for hydroxylation is 1. The first kappa shape index (κ1) is 13.6. The van der Waals surface area contributed by atoms with Gasteiger partial charge in [0.05, 0.1) is 5.69 Å². The molecule has 1 heterocycles. The number of aromatic amines is 1. The monoisotopic (exact) mass is 291 g/mol. The van der Waals surface area contributed by atoms with E-state index in [1.54, 1.807) is 0 Å². The number of H-pyrrole nitrogens is 1. The van der Waals surface area contributed by atoms with Crippen LogP contribution in [0.5, 0.6) is 0 Å². The highest BCUT2D eigenvalue weighted by Crippen LogP contribution is 2.42. The van der Waals surface area contributed by atoms with E-state index in [-0.39, 0.29) is 5.60 Å². The van der Waals surface area contributed by atoms with Gasteiger partial charge in [-0.15, -0.1) is 0 Å². The molecular weight excluding hydrogens is 270 g/mol. The van der Waals surface area contributed by atoms with Gasteiger partial charge in [0.25, 0.3) is 0 Å². The van der Waals surface area contributed by atoms with E-state index >= 15 is 0 Å². The molecule has 2 aromatic carbocycles. The first-order valence-electron chi connectivity index (χ1n) is 8.01. The maximum atomic E-state index is 6.11. The molecule has 0 amide bonds. The van der Waals surface area contributed by atoms with Crippen LogP contribution in [0.1, 0.15) is 29.7 Å². The van der Waals surface area contributed by atoms with Gasteiger partial charge >= 0.3 is 0 Å². The number of ether oxygens (including phenoxy) is 1. The molecule has 112 valence electrons. The molecule has 0 aliphatic heterocycles. The van der Waals surface area contributed by atoms with Crippen molar-refractivity contribution in [3.05, 3.63) is 71.4 Å². The minimum absolute atomic E-state index is 0.228. The largest absolute Gasteiger partial charge is 0.372 e. The number of rotatable bonds is 3. The van der Waals surface area contributed by atoms with Crippen molar-refractivity contribution in [3.8, 4) is 0 Å². The zero-order chi connectivity index (χ0) is 15.0. The van der Waals surface area contributed by atoms with Crippen LogP contribution in [-0.4, -0.2) is 12.1 Å². The van der Waals surface area contributed by atoms with Crippen LogP contribution >= 0.6 is 0 Å². The van der Waals surface area contributed by atoms with Gasteiger partial charge in [0.15, 0.2) is 0 Å². The van der Waals surface area contributed by atoms with Gasteiger partial charge in [-0.3, -0.25) is 0 Å². The summed E-state index contributed by atoms with van der Waals surface area (Å²) < 4.78 is 6.11. The van der Waals surface area contributed by atoms with Crippen molar-refractivity contribution in [1.82, 2.24) is 4.98 Å². The Bertz CT molecular complexity index is 790. The standard InChI is InChI=1S/C20H21NO/c1-22-20(14-15-8-3-2-4-9-15)13-7-11-17-16-10-5-6-12-18(16)21-19(17)20/h2-6,8-10,12,21H,7,11,13-14H2,1H3. The average Bonchev–Trinajstić information content (AvgIpc) is 2.96. The van der Waals surface area contributed by atoms with Gasteiger partial charge in [0.1, 0.15) is 5.60 Å². The third-order valence-electron chi connectivity index (χ3n) is 5.00. The quantitative estimate of drug-likeness (QED) is 0.750. The third-order valence-corrected chi connectivity index (χ3v) is 5.00. The molecule has 1 unspecified atom stereocenters. The first-order chi connectivity index (χ1) is 10.8. The third kappa shape index (κ3) is 2.06. The molecule has 0 bridgehead atoms. The lowest BCUT2D eigenvalue weighted by Gasteiger charge is -2.36. The highest BCUT2D eigenvalue weighted by Gasteiger charge is 2.39. The number of para-hydroxylation sites is 1. The SMILES string of the molecule is COC1(Cc2ccccc2)CCCc2c1[nH]c1ccccc21. The van der Waals surface area contributed by atoms with E-state index in [2.05, 4.69) is 59.6 Å². The lowest BCUT2D eigenvalue weighted by Crippen LogP contribution is -2.35. The van der Waals surface area contributed by atoms with Crippen LogP contribution in [0.25, 0.3) is 10.9 Å². The summed E-state index contributed by atoms with van der Waals surface area (Å²) in [5.74, 6) is 0. The van der Waals surface area contributed by atoms with Gasteiger partial charge < -0.3 is 9.72 Å². The van der Waals surface area contributed by atoms with Crippen molar-refractivity contribution in [2.75, 3.05) is 7.11 Å². The van der Waals surface area contributed by atoms with Crippen molar-refractivity contribution in [2.45, 2.75) is 31.3 Å². The Morgan fingerprint density at radius 1 is 1.05 bits per heavy atom. The normalized spacial score (nSPS) is 21.0. The molecule has 0 fully saturated rings. The molecule has 0 spiro atoms. The van der Waals surface area contributed by atoms with Crippen molar-refractivity contribution in [2.24, 2.45) is 0 Å². The van der Waals surface area contributed by atoms with Gasteiger partial charge in [0.2, 0.25) is 0 Å². The smallest absolute Gasteiger partial charge is 0.112 e. The fraction of sp³-hybridized carbons (Fsp3) is 0.300. The van der Waals surface area contributed by atoms with E-state index in [4.69, 9.17) is 4.74 Å². The Morgan fingerprint density at radius 2 is 1.82 bits per heavy atom. The van der Waals surface area contributed by atoms with E-state index in [9.17, 15) is 0 Å². The maximum absolute atomic E-state index is 6.11. The maximum Gasteiger partial charge on any atom is 0.112 e. The lowest BCUT2D eigenvalue weighted by atomic mass is 9.79. The second-order valence-corrected chi connectivity index (χ2v) is 6.24. The molecular formula is C20H21NO. The lowest BCUT2D eigenvalue weighted by molar-refractivity contribution is -0.0318. The number of methoxy groups -OCH3 is 1. The van der Waals surface area contributed by atoms with E-state index < -0.39 is 0 Å². The summed E-state index contributed by atoms with van der Waals surface area (Å²) >= 11 is 0. The summed E-state index contributed by atoms with van der Waals surface area (Å²) in [6.07, 6.45) is 4.30. The number of benzene rings is 2. The molecule has 1 atom stereocenters. The summed E-state index contributed by atoms with van der Waals surface area (Å²) in [6, 6.07) is 19.3. The van der Waals surface area contributed by atoms with E-state index in [0.717, 1.165) is 19.3 Å². The van der Waals surface area contributed by atoms with Gasteiger partial charge in [-0.05, 0) is 36.5 Å². The summed E-state index contributed by atoms with van der Waals surface area (Å²) in [7, 11) is 1.85. The number of hydrogen-bond acceptors (Lipinski definition) is 1. The summed E-state index contributed by atoms with van der Waals surface area (Å²) in [5.41, 5.74) is 5.05. The molecule has 0 saturated heterocycles. The highest BCUT2D eigenvalue weighted by molar-refractivity contribution is 5.85. The molecule has 4 rings (SSSR count). The van der Waals surface area contributed by atoms with E-state index in [1.165, 1.54) is 34.1 Å². The Kier molecular flexibility index (Phi) is 3.27. The predicted molar refractivity (Wildman–Crippen MR) is 90.1 cm³/mol. The van der Waals surface area contributed by atoms with Crippen LogP contribution in [-0.2, 0) is 23.2 Å². The van der Waals surface area contributed by atoms with Crippen molar-refractivity contribution in [1.29, 1.82) is 0 Å². The molecule has 1 aromatic heterocycles. The Morgan fingerprint density at radius 3 is 2.64 bits per heavy atom. The van der Waals surface area contributed by atoms with Crippen LogP contribution < -0.4 is 0 Å². The number of fused-ring (bicyclic) bond motifs is 3. The van der Waals surface area contributed by atoms with Gasteiger partial charge in [0, 0.05) is 24.4 Å². The van der Waals surface area contributed by atoms with E-state index in [1.807, 2.05) is 7.11 Å². The number of nitrogens with one attached hydrogen (secondary N) is 1. The minimum atomic E-state index is -0.228. The van der Waals surface area contributed by atoms with E-state index in [0.29, 0.717) is 0 Å². The molecule has 22 heavy (non-hydrogen) atoms. The summed E-state index contributed by atoms with van der Waals surface area (Å²) in [4.78, 5) is 3.65. The van der Waals surface area contributed by atoms with Gasteiger partial charge in [-0.25, -0.2) is 0 Å². The highest BCUT2D eigenvalue weighted by atomic mass is 16.5. The van der Waals surface area contributed by atoms with Crippen molar-refractivity contribution in [3.63, 3.8) is 0 Å². The zero-order valence-corrected chi connectivity index (χ0v) is 12.9. The van der Waals surface area contributed by atoms with Crippen LogP contribution in [0.3, 0.4) is 0 Å². The Hall–Kier alpha value is -2.06. The minimum Gasteiger partial charge on any atom is -0.372 e. The van der Waals surface area contributed by atoms with Crippen LogP contribution in [0.2, 0.25) is 0 Å². The zero-order valence-electron chi connectivity index (χ0n) is 12.9. The van der Waals surface area contributed by atoms with Crippen molar-refractivity contribution >= 4 is 10.9 Å². The summed E-state index contributed by atoms with van der Waals surface area (Å²) in [5, 5.41) is 1.35. The van der Waals surface area contributed by atoms with Gasteiger partial charge in [-0.2, -0.15) is 0 Å². The molecule has 1 aliphatic rings. The van der Waals surface area contributed by atoms with Crippen LogP contribution in [0.4, 0.5) is 0 Å². The fourth-order valence-electron chi connectivity index (χ4n) is 3.90. The Labute approximate surface area is 131 Å². The Balaban J connectivity index is 1.85. The molecule has 0 saturated carbocycles. The first-order valence-corrected chi connectivity index (χ1v) is 8.01. The average molecular weight is 291 g/mol. The molecule has 2 nitrogen and oxygen atoms in total. The van der Waals surface area contributed by atoms with Crippen molar-refractivity contribution < 1.29 is 4.74 Å². The molecule has 1 aliphatic carbocycles. The summed E-state index contributed by atoms with van der Waals surface area (Å²) in [6.45, 7) is 0. The molecule has 3 aromatic rings. The van der Waals surface area contributed by atoms with Gasteiger partial charge in [-0.1, -0.05) is 48.5 Å². The molecule has 1 N–H and O–H groups in total. The predicted octanol–water partition coefficient (Wildman–Crippen LogP) is 4.59. The topological polar surface area (TPSA) is 25.0 Å².